The highest BCUT2D eigenvalue weighted by Gasteiger charge is 2.31. The minimum atomic E-state index is -0.393. The van der Waals surface area contributed by atoms with Gasteiger partial charge in [-0.2, -0.15) is 0 Å². The standard InChI is InChI=1S/C18H19NO3/c1-19-17(21)11-22-14-8-6-12(7-9-14)18-15-5-3-2-4-13(15)10-16(18)20/h2-9,16,18,20H,10-11H2,1H3,(H,19,21)/t16-,18-/m0/s1. The summed E-state index contributed by atoms with van der Waals surface area (Å²) in [5, 5.41) is 12.9. The number of aliphatic hydroxyl groups is 1. The predicted molar refractivity (Wildman–Crippen MR) is 84.0 cm³/mol. The van der Waals surface area contributed by atoms with E-state index in [2.05, 4.69) is 17.4 Å². The van der Waals surface area contributed by atoms with E-state index in [9.17, 15) is 9.90 Å². The fourth-order valence-corrected chi connectivity index (χ4v) is 2.97. The van der Waals surface area contributed by atoms with Gasteiger partial charge in [0.05, 0.1) is 6.10 Å². The lowest BCUT2D eigenvalue weighted by Crippen LogP contribution is -2.24. The summed E-state index contributed by atoms with van der Waals surface area (Å²) in [6.07, 6.45) is 0.297. The van der Waals surface area contributed by atoms with Crippen LogP contribution < -0.4 is 10.1 Å². The lowest BCUT2D eigenvalue weighted by atomic mass is 9.91. The molecule has 2 atom stereocenters. The fraction of sp³-hybridized carbons (Fsp3) is 0.278. The zero-order chi connectivity index (χ0) is 15.5. The number of hydrogen-bond acceptors (Lipinski definition) is 3. The van der Waals surface area contributed by atoms with Crippen molar-refractivity contribution < 1.29 is 14.6 Å². The number of aliphatic hydroxyl groups excluding tert-OH is 1. The maximum atomic E-state index is 11.2. The summed E-state index contributed by atoms with van der Waals surface area (Å²) in [6.45, 7) is 0.00470. The van der Waals surface area contributed by atoms with E-state index in [1.54, 1.807) is 7.05 Å². The maximum absolute atomic E-state index is 11.2. The number of likely N-dealkylation sites (N-methyl/N-ethyl adjacent to an activating group) is 1. The van der Waals surface area contributed by atoms with E-state index in [1.807, 2.05) is 36.4 Å². The zero-order valence-corrected chi connectivity index (χ0v) is 12.5. The molecule has 0 unspecified atom stereocenters. The van der Waals surface area contributed by atoms with Gasteiger partial charge in [-0.05, 0) is 35.2 Å². The molecule has 114 valence electrons. The third-order valence-corrected chi connectivity index (χ3v) is 4.09. The van der Waals surface area contributed by atoms with Crippen LogP contribution in [-0.2, 0) is 11.2 Å². The smallest absolute Gasteiger partial charge is 0.257 e. The molecule has 2 aromatic rings. The molecule has 4 nitrogen and oxygen atoms in total. The number of hydrogen-bond donors (Lipinski definition) is 2. The molecule has 0 fully saturated rings. The molecule has 1 amide bonds. The SMILES string of the molecule is CNC(=O)COc1ccc([C@H]2c3ccccc3C[C@@H]2O)cc1. The van der Waals surface area contributed by atoms with E-state index in [1.165, 1.54) is 11.1 Å². The van der Waals surface area contributed by atoms with Crippen LogP contribution in [0.5, 0.6) is 5.75 Å². The van der Waals surface area contributed by atoms with Crippen molar-refractivity contribution in [3.63, 3.8) is 0 Å². The fourth-order valence-electron chi connectivity index (χ4n) is 2.97. The van der Waals surface area contributed by atoms with Gasteiger partial charge in [-0.25, -0.2) is 0 Å². The van der Waals surface area contributed by atoms with Gasteiger partial charge < -0.3 is 15.2 Å². The number of rotatable bonds is 4. The molecule has 1 aliphatic carbocycles. The Bertz CT molecular complexity index is 666. The van der Waals surface area contributed by atoms with Crippen molar-refractivity contribution in [1.29, 1.82) is 0 Å². The largest absolute Gasteiger partial charge is 0.484 e. The molecule has 0 bridgehead atoms. The Morgan fingerprint density at radius 1 is 1.23 bits per heavy atom. The van der Waals surface area contributed by atoms with Gasteiger partial charge >= 0.3 is 0 Å². The molecule has 0 heterocycles. The Hall–Kier alpha value is -2.33. The molecule has 2 aromatic carbocycles. The number of carbonyl (C=O) groups excluding carboxylic acids is 1. The van der Waals surface area contributed by atoms with E-state index in [4.69, 9.17) is 4.74 Å². The molecule has 3 rings (SSSR count). The quantitative estimate of drug-likeness (QED) is 0.905. The van der Waals surface area contributed by atoms with Crippen molar-refractivity contribution in [3.8, 4) is 5.75 Å². The molecule has 0 spiro atoms. The van der Waals surface area contributed by atoms with E-state index in [0.29, 0.717) is 12.2 Å². The summed E-state index contributed by atoms with van der Waals surface area (Å²) in [5.74, 6) is 0.488. The van der Waals surface area contributed by atoms with E-state index in [0.717, 1.165) is 5.56 Å². The third-order valence-electron chi connectivity index (χ3n) is 4.09. The molecule has 4 heteroatoms. The highest BCUT2D eigenvalue weighted by Crippen LogP contribution is 2.38. The number of carbonyl (C=O) groups is 1. The van der Waals surface area contributed by atoms with Gasteiger partial charge in [0.25, 0.3) is 5.91 Å². The predicted octanol–water partition coefficient (Wildman–Crippen LogP) is 1.86. The van der Waals surface area contributed by atoms with Gasteiger partial charge in [-0.1, -0.05) is 36.4 Å². The van der Waals surface area contributed by atoms with Crippen molar-refractivity contribution in [2.24, 2.45) is 0 Å². The molecular formula is C18H19NO3. The molecule has 0 saturated heterocycles. The van der Waals surface area contributed by atoms with Crippen LogP contribution in [0.3, 0.4) is 0 Å². The molecule has 2 N–H and O–H groups in total. The monoisotopic (exact) mass is 297 g/mol. The number of nitrogens with one attached hydrogen (secondary N) is 1. The number of amides is 1. The first kappa shape index (κ1) is 14.6. The Balaban J connectivity index is 1.77. The Morgan fingerprint density at radius 3 is 2.68 bits per heavy atom. The molecular weight excluding hydrogens is 278 g/mol. The van der Waals surface area contributed by atoms with Crippen LogP contribution in [0.25, 0.3) is 0 Å². The zero-order valence-electron chi connectivity index (χ0n) is 12.5. The summed E-state index contributed by atoms with van der Waals surface area (Å²) in [4.78, 5) is 11.2. The van der Waals surface area contributed by atoms with Gasteiger partial charge in [-0.15, -0.1) is 0 Å². The van der Waals surface area contributed by atoms with Crippen LogP contribution in [0.4, 0.5) is 0 Å². The lowest BCUT2D eigenvalue weighted by Gasteiger charge is -2.17. The Labute approximate surface area is 129 Å². The van der Waals surface area contributed by atoms with E-state index < -0.39 is 6.10 Å². The van der Waals surface area contributed by atoms with Gasteiger partial charge in [0.15, 0.2) is 6.61 Å². The highest BCUT2D eigenvalue weighted by molar-refractivity contribution is 5.77. The Kier molecular flexibility index (Phi) is 4.11. The molecule has 1 aliphatic rings. The third kappa shape index (κ3) is 2.83. The van der Waals surface area contributed by atoms with Crippen LogP contribution >= 0.6 is 0 Å². The van der Waals surface area contributed by atoms with Crippen LogP contribution in [0.15, 0.2) is 48.5 Å². The van der Waals surface area contributed by atoms with E-state index >= 15 is 0 Å². The number of fused-ring (bicyclic) bond motifs is 1. The first-order valence-electron chi connectivity index (χ1n) is 7.38. The average Bonchev–Trinajstić information content (AvgIpc) is 2.89. The van der Waals surface area contributed by atoms with Crippen molar-refractivity contribution >= 4 is 5.91 Å². The summed E-state index contributed by atoms with van der Waals surface area (Å²) >= 11 is 0. The average molecular weight is 297 g/mol. The molecule has 22 heavy (non-hydrogen) atoms. The summed E-state index contributed by atoms with van der Waals surface area (Å²) in [6, 6.07) is 15.7. The van der Waals surface area contributed by atoms with Crippen molar-refractivity contribution in [3.05, 3.63) is 65.2 Å². The van der Waals surface area contributed by atoms with Crippen molar-refractivity contribution in [1.82, 2.24) is 5.32 Å². The van der Waals surface area contributed by atoms with Crippen molar-refractivity contribution in [2.45, 2.75) is 18.4 Å². The number of ether oxygens (including phenoxy) is 1. The summed E-state index contributed by atoms with van der Waals surface area (Å²) in [5.41, 5.74) is 3.46. The highest BCUT2D eigenvalue weighted by atomic mass is 16.5. The van der Waals surface area contributed by atoms with Crippen LogP contribution in [0.1, 0.15) is 22.6 Å². The van der Waals surface area contributed by atoms with Crippen LogP contribution in [0, 0.1) is 0 Å². The van der Waals surface area contributed by atoms with Gasteiger partial charge in [-0.3, -0.25) is 4.79 Å². The lowest BCUT2D eigenvalue weighted by molar-refractivity contribution is -0.122. The maximum Gasteiger partial charge on any atom is 0.257 e. The minimum absolute atomic E-state index is 0.00388. The van der Waals surface area contributed by atoms with Gasteiger partial charge in [0, 0.05) is 13.0 Å². The second kappa shape index (κ2) is 6.20. The van der Waals surface area contributed by atoms with Crippen LogP contribution in [0.2, 0.25) is 0 Å². The summed E-state index contributed by atoms with van der Waals surface area (Å²) in [7, 11) is 1.58. The molecule has 0 aromatic heterocycles. The first-order valence-corrected chi connectivity index (χ1v) is 7.38. The Morgan fingerprint density at radius 2 is 1.95 bits per heavy atom. The second-order valence-corrected chi connectivity index (χ2v) is 5.48. The molecule has 0 aliphatic heterocycles. The van der Waals surface area contributed by atoms with E-state index in [-0.39, 0.29) is 18.4 Å². The van der Waals surface area contributed by atoms with Crippen LogP contribution in [-0.4, -0.2) is 30.8 Å². The molecule has 0 radical (unpaired) electrons. The number of benzene rings is 2. The van der Waals surface area contributed by atoms with Crippen molar-refractivity contribution in [2.75, 3.05) is 13.7 Å². The minimum Gasteiger partial charge on any atom is -0.484 e. The summed E-state index contributed by atoms with van der Waals surface area (Å²) < 4.78 is 5.40. The first-order chi connectivity index (χ1) is 10.7. The van der Waals surface area contributed by atoms with Gasteiger partial charge in [0.2, 0.25) is 0 Å². The topological polar surface area (TPSA) is 58.6 Å². The molecule has 0 saturated carbocycles. The van der Waals surface area contributed by atoms with Gasteiger partial charge in [0.1, 0.15) is 5.75 Å². The second-order valence-electron chi connectivity index (χ2n) is 5.48. The normalized spacial score (nSPS) is 19.5.